The Kier molecular flexibility index (Phi) is 2.35. The van der Waals surface area contributed by atoms with Crippen LogP contribution in [0.25, 0.3) is 0 Å². The number of ketones is 1. The van der Waals surface area contributed by atoms with Crippen LogP contribution in [-0.4, -0.2) is 17.9 Å². The molecule has 21 heavy (non-hydrogen) atoms. The predicted octanol–water partition coefficient (Wildman–Crippen LogP) is 2.19. The summed E-state index contributed by atoms with van der Waals surface area (Å²) < 4.78 is 5.78. The van der Waals surface area contributed by atoms with Crippen LogP contribution in [0.2, 0.25) is 5.02 Å². The molecule has 0 radical (unpaired) electrons. The highest BCUT2D eigenvalue weighted by atomic mass is 35.5. The van der Waals surface area contributed by atoms with E-state index >= 15 is 0 Å². The Balaban J connectivity index is 2.09. The van der Waals surface area contributed by atoms with Crippen LogP contribution in [0.5, 0.6) is 5.75 Å². The van der Waals surface area contributed by atoms with Crippen molar-refractivity contribution in [1.82, 2.24) is 5.32 Å². The number of benzene rings is 2. The molecule has 0 saturated carbocycles. The second-order valence-electron chi connectivity index (χ2n) is 5.26. The van der Waals surface area contributed by atoms with E-state index in [-0.39, 0.29) is 5.78 Å². The van der Waals surface area contributed by atoms with Crippen molar-refractivity contribution in [1.29, 1.82) is 0 Å². The minimum absolute atomic E-state index is 0.218. The molecule has 2 atom stereocenters. The maximum atomic E-state index is 13.0. The van der Waals surface area contributed by atoms with Gasteiger partial charge in [0.1, 0.15) is 5.75 Å². The van der Waals surface area contributed by atoms with Crippen molar-refractivity contribution in [3.05, 3.63) is 64.2 Å². The third-order valence-corrected chi connectivity index (χ3v) is 4.60. The zero-order valence-corrected chi connectivity index (χ0v) is 11.9. The van der Waals surface area contributed by atoms with Crippen molar-refractivity contribution in [2.45, 2.75) is 11.3 Å². The molecule has 5 heteroatoms. The third kappa shape index (κ3) is 1.26. The molecule has 4 nitrogen and oxygen atoms in total. The lowest BCUT2D eigenvalue weighted by Gasteiger charge is -2.33. The lowest BCUT2D eigenvalue weighted by Crippen LogP contribution is -2.57. The van der Waals surface area contributed by atoms with E-state index in [1.807, 2.05) is 0 Å². The number of halogens is 1. The molecular formula is C16H12ClNO3. The molecule has 2 N–H and O–H groups in total. The van der Waals surface area contributed by atoms with Crippen molar-refractivity contribution in [2.75, 3.05) is 7.05 Å². The van der Waals surface area contributed by atoms with Gasteiger partial charge in [-0.25, -0.2) is 0 Å². The number of nitrogens with one attached hydrogen (secondary N) is 1. The monoisotopic (exact) mass is 301 g/mol. The molecular weight excluding hydrogens is 290 g/mol. The van der Waals surface area contributed by atoms with E-state index in [9.17, 15) is 9.90 Å². The maximum absolute atomic E-state index is 13.0. The number of likely N-dealkylation sites (N-methyl/N-ethyl adjacent to an activating group) is 1. The lowest BCUT2D eigenvalue weighted by molar-refractivity contribution is -0.170. The Morgan fingerprint density at radius 1 is 1.19 bits per heavy atom. The highest BCUT2D eigenvalue weighted by Crippen LogP contribution is 2.58. The first-order valence-electron chi connectivity index (χ1n) is 6.59. The van der Waals surface area contributed by atoms with Gasteiger partial charge in [-0.1, -0.05) is 35.9 Å². The van der Waals surface area contributed by atoms with Gasteiger partial charge in [0.15, 0.2) is 11.3 Å². The van der Waals surface area contributed by atoms with Crippen molar-refractivity contribution in [2.24, 2.45) is 0 Å². The topological polar surface area (TPSA) is 58.6 Å². The van der Waals surface area contributed by atoms with Gasteiger partial charge >= 0.3 is 0 Å². The molecule has 1 heterocycles. The summed E-state index contributed by atoms with van der Waals surface area (Å²) >= 11 is 6.06. The van der Waals surface area contributed by atoms with Crippen LogP contribution in [0, 0.1) is 0 Å². The Morgan fingerprint density at radius 3 is 2.71 bits per heavy atom. The molecule has 0 saturated heterocycles. The zero-order valence-electron chi connectivity index (χ0n) is 11.2. The first kappa shape index (κ1) is 12.8. The number of hydrogen-bond donors (Lipinski definition) is 2. The Morgan fingerprint density at radius 2 is 1.95 bits per heavy atom. The fraction of sp³-hybridized carbons (Fsp3) is 0.188. The molecule has 0 fully saturated rings. The molecule has 1 aliphatic carbocycles. The standard InChI is InChI=1S/C16H12ClNO3/c1-18-15-12-8-9(17)6-7-13(12)21-16(15,20)11-5-3-2-4-10(11)14(15)19/h2-8,18,20H,1H3. The highest BCUT2D eigenvalue weighted by molar-refractivity contribution is 6.30. The predicted molar refractivity (Wildman–Crippen MR) is 77.5 cm³/mol. The number of ether oxygens (including phenoxy) is 1. The molecule has 4 rings (SSSR count). The summed E-state index contributed by atoms with van der Waals surface area (Å²) in [6.07, 6.45) is 0. The summed E-state index contributed by atoms with van der Waals surface area (Å²) in [6.45, 7) is 0. The maximum Gasteiger partial charge on any atom is 0.266 e. The molecule has 2 aliphatic rings. The second-order valence-corrected chi connectivity index (χ2v) is 5.70. The first-order valence-corrected chi connectivity index (χ1v) is 6.97. The molecule has 2 aromatic rings. The number of Topliss-reactive ketones (excluding diaryl/α,β-unsaturated/α-hetero) is 1. The molecule has 0 spiro atoms. The number of hydrogen-bond acceptors (Lipinski definition) is 4. The zero-order chi connectivity index (χ0) is 14.8. The van der Waals surface area contributed by atoms with E-state index in [1.54, 1.807) is 49.5 Å². The number of fused-ring (bicyclic) bond motifs is 5. The fourth-order valence-electron chi connectivity index (χ4n) is 3.43. The van der Waals surface area contributed by atoms with E-state index in [0.29, 0.717) is 27.5 Å². The van der Waals surface area contributed by atoms with Crippen LogP contribution >= 0.6 is 11.6 Å². The summed E-state index contributed by atoms with van der Waals surface area (Å²) in [7, 11) is 1.63. The van der Waals surface area contributed by atoms with Crippen LogP contribution in [-0.2, 0) is 11.3 Å². The van der Waals surface area contributed by atoms with Gasteiger partial charge in [-0.15, -0.1) is 0 Å². The van der Waals surface area contributed by atoms with Crippen molar-refractivity contribution >= 4 is 17.4 Å². The summed E-state index contributed by atoms with van der Waals surface area (Å²) in [4.78, 5) is 13.0. The van der Waals surface area contributed by atoms with Gasteiger partial charge in [-0.3, -0.25) is 10.1 Å². The molecule has 0 amide bonds. The first-order chi connectivity index (χ1) is 10.0. The summed E-state index contributed by atoms with van der Waals surface area (Å²) in [6, 6.07) is 11.9. The molecule has 1 aliphatic heterocycles. The van der Waals surface area contributed by atoms with Gasteiger partial charge in [-0.2, -0.15) is 0 Å². The van der Waals surface area contributed by atoms with Gasteiger partial charge in [0, 0.05) is 21.7 Å². The van der Waals surface area contributed by atoms with Crippen LogP contribution in [0.3, 0.4) is 0 Å². The largest absolute Gasteiger partial charge is 0.455 e. The van der Waals surface area contributed by atoms with E-state index < -0.39 is 11.3 Å². The van der Waals surface area contributed by atoms with Gasteiger partial charge in [0.25, 0.3) is 5.79 Å². The Bertz CT molecular complexity index is 791. The van der Waals surface area contributed by atoms with Crippen LogP contribution in [0.1, 0.15) is 21.5 Å². The normalized spacial score (nSPS) is 28.8. The molecule has 0 bridgehead atoms. The van der Waals surface area contributed by atoms with E-state index in [4.69, 9.17) is 16.3 Å². The number of carbonyl (C=O) groups excluding carboxylic acids is 1. The lowest BCUT2D eigenvalue weighted by atomic mass is 9.83. The van der Waals surface area contributed by atoms with E-state index in [2.05, 4.69) is 5.32 Å². The van der Waals surface area contributed by atoms with Crippen molar-refractivity contribution in [3.63, 3.8) is 0 Å². The molecule has 0 aromatic heterocycles. The van der Waals surface area contributed by atoms with Gasteiger partial charge in [-0.05, 0) is 25.2 Å². The summed E-state index contributed by atoms with van der Waals surface area (Å²) in [5, 5.41) is 14.6. The summed E-state index contributed by atoms with van der Waals surface area (Å²) in [5.74, 6) is -1.52. The minimum Gasteiger partial charge on any atom is -0.455 e. The second kappa shape index (κ2) is 3.85. The average molecular weight is 302 g/mol. The van der Waals surface area contributed by atoms with Gasteiger partial charge in [0.05, 0.1) is 0 Å². The van der Waals surface area contributed by atoms with E-state index in [0.717, 1.165) is 0 Å². The quantitative estimate of drug-likeness (QED) is 0.848. The Hall–Kier alpha value is -1.88. The smallest absolute Gasteiger partial charge is 0.266 e. The average Bonchev–Trinajstić information content (AvgIpc) is 2.85. The molecule has 106 valence electrons. The number of aliphatic hydroxyl groups is 1. The van der Waals surface area contributed by atoms with Gasteiger partial charge < -0.3 is 9.84 Å². The van der Waals surface area contributed by atoms with Crippen molar-refractivity contribution in [3.8, 4) is 5.75 Å². The molecule has 2 unspecified atom stereocenters. The van der Waals surface area contributed by atoms with E-state index in [1.165, 1.54) is 0 Å². The molecule has 2 aromatic carbocycles. The highest BCUT2D eigenvalue weighted by Gasteiger charge is 2.70. The minimum atomic E-state index is -1.76. The Labute approximate surface area is 126 Å². The fourth-order valence-corrected chi connectivity index (χ4v) is 3.60. The van der Waals surface area contributed by atoms with Crippen LogP contribution in [0.4, 0.5) is 0 Å². The van der Waals surface area contributed by atoms with Crippen molar-refractivity contribution < 1.29 is 14.6 Å². The van der Waals surface area contributed by atoms with Crippen LogP contribution < -0.4 is 10.1 Å². The van der Waals surface area contributed by atoms with Crippen LogP contribution in [0.15, 0.2) is 42.5 Å². The number of carbonyl (C=O) groups is 1. The van der Waals surface area contributed by atoms with Gasteiger partial charge in [0.2, 0.25) is 0 Å². The number of rotatable bonds is 1. The third-order valence-electron chi connectivity index (χ3n) is 4.36. The summed E-state index contributed by atoms with van der Waals surface area (Å²) in [5.41, 5.74) is 0.120. The SMILES string of the molecule is CNC12C(=O)c3ccccc3C1(O)Oc1ccc(Cl)cc12.